The number of nitriles is 1. The van der Waals surface area contributed by atoms with Crippen LogP contribution in [0.4, 0.5) is 5.82 Å². The SMILES string of the molecule is CCn1cc(C#N)c(=O)n(CC(=O)Nc2cc(-c3cc(C)ccc3C)nn2-c2ccccc2)c1=O. The van der Waals surface area contributed by atoms with Crippen molar-refractivity contribution in [3.8, 4) is 23.0 Å². The summed E-state index contributed by atoms with van der Waals surface area (Å²) in [5.41, 5.74) is 2.79. The lowest BCUT2D eigenvalue weighted by Crippen LogP contribution is -2.43. The van der Waals surface area contributed by atoms with Crippen molar-refractivity contribution in [1.82, 2.24) is 18.9 Å². The molecule has 0 aliphatic rings. The number of para-hydroxylation sites is 1. The van der Waals surface area contributed by atoms with Crippen molar-refractivity contribution in [2.75, 3.05) is 5.32 Å². The number of benzene rings is 2. The van der Waals surface area contributed by atoms with Crippen molar-refractivity contribution in [3.05, 3.63) is 98.3 Å². The fraction of sp³-hybridized carbons (Fsp3) is 0.192. The summed E-state index contributed by atoms with van der Waals surface area (Å²) in [4.78, 5) is 38.2. The number of nitrogens with one attached hydrogen (secondary N) is 1. The van der Waals surface area contributed by atoms with Gasteiger partial charge in [0, 0.05) is 24.4 Å². The maximum atomic E-state index is 13.0. The summed E-state index contributed by atoms with van der Waals surface area (Å²) in [5, 5.41) is 16.8. The average Bonchev–Trinajstić information content (AvgIpc) is 3.27. The normalized spacial score (nSPS) is 10.7. The highest BCUT2D eigenvalue weighted by molar-refractivity contribution is 5.90. The highest BCUT2D eigenvalue weighted by Gasteiger charge is 2.18. The predicted molar refractivity (Wildman–Crippen MR) is 132 cm³/mol. The van der Waals surface area contributed by atoms with E-state index in [2.05, 4.69) is 5.32 Å². The van der Waals surface area contributed by atoms with Crippen LogP contribution >= 0.6 is 0 Å². The summed E-state index contributed by atoms with van der Waals surface area (Å²) in [6.45, 7) is 5.42. The van der Waals surface area contributed by atoms with Gasteiger partial charge in [-0.25, -0.2) is 14.0 Å². The molecule has 35 heavy (non-hydrogen) atoms. The van der Waals surface area contributed by atoms with E-state index < -0.39 is 23.7 Å². The first kappa shape index (κ1) is 23.4. The van der Waals surface area contributed by atoms with Crippen LogP contribution in [0.1, 0.15) is 23.6 Å². The van der Waals surface area contributed by atoms with Gasteiger partial charge >= 0.3 is 5.69 Å². The third-order valence-corrected chi connectivity index (χ3v) is 5.65. The van der Waals surface area contributed by atoms with Crippen molar-refractivity contribution in [2.24, 2.45) is 0 Å². The van der Waals surface area contributed by atoms with E-state index in [0.29, 0.717) is 11.5 Å². The van der Waals surface area contributed by atoms with E-state index in [4.69, 9.17) is 5.10 Å². The molecule has 2 aromatic carbocycles. The molecule has 0 saturated heterocycles. The number of anilines is 1. The Kier molecular flexibility index (Phi) is 6.46. The van der Waals surface area contributed by atoms with Crippen LogP contribution in [0.5, 0.6) is 0 Å². The Morgan fingerprint density at radius 2 is 1.83 bits per heavy atom. The molecule has 4 aromatic rings. The van der Waals surface area contributed by atoms with Crippen molar-refractivity contribution < 1.29 is 4.79 Å². The molecule has 0 aliphatic heterocycles. The zero-order valence-corrected chi connectivity index (χ0v) is 19.6. The van der Waals surface area contributed by atoms with Crippen LogP contribution in [-0.4, -0.2) is 24.8 Å². The van der Waals surface area contributed by atoms with E-state index in [1.54, 1.807) is 23.7 Å². The third kappa shape index (κ3) is 4.68. The Morgan fingerprint density at radius 3 is 2.51 bits per heavy atom. The number of aryl methyl sites for hydroxylation is 3. The van der Waals surface area contributed by atoms with E-state index >= 15 is 0 Å². The lowest BCUT2D eigenvalue weighted by Gasteiger charge is -2.11. The molecule has 0 unspecified atom stereocenters. The summed E-state index contributed by atoms with van der Waals surface area (Å²) in [7, 11) is 0. The molecule has 176 valence electrons. The summed E-state index contributed by atoms with van der Waals surface area (Å²) >= 11 is 0. The van der Waals surface area contributed by atoms with Gasteiger partial charge in [-0.1, -0.05) is 35.9 Å². The van der Waals surface area contributed by atoms with Crippen molar-refractivity contribution in [2.45, 2.75) is 33.9 Å². The molecule has 1 N–H and O–H groups in total. The van der Waals surface area contributed by atoms with Crippen LogP contribution in [0.2, 0.25) is 0 Å². The number of hydrogen-bond acceptors (Lipinski definition) is 5. The molecule has 0 bridgehead atoms. The van der Waals surface area contributed by atoms with Crippen LogP contribution in [-0.2, 0) is 17.9 Å². The molecule has 2 heterocycles. The van der Waals surface area contributed by atoms with E-state index in [1.165, 1.54) is 10.8 Å². The molecular formula is C26H24N6O3. The number of aromatic nitrogens is 4. The fourth-order valence-corrected chi connectivity index (χ4v) is 3.80. The zero-order chi connectivity index (χ0) is 25.1. The standard InChI is InChI=1S/C26H24N6O3/c1-4-30-15-19(14-27)25(34)31(26(30)35)16-24(33)28-23-13-22(21-12-17(2)10-11-18(21)3)29-32(23)20-8-6-5-7-9-20/h5-13,15H,4,16H2,1-3H3,(H,28,33). The number of carbonyl (C=O) groups is 1. The second-order valence-electron chi connectivity index (χ2n) is 8.14. The Balaban J connectivity index is 1.74. The van der Waals surface area contributed by atoms with Gasteiger partial charge in [-0.3, -0.25) is 14.2 Å². The van der Waals surface area contributed by atoms with Gasteiger partial charge in [0.2, 0.25) is 5.91 Å². The number of carbonyl (C=O) groups excluding carboxylic acids is 1. The van der Waals surface area contributed by atoms with Gasteiger partial charge < -0.3 is 5.32 Å². The highest BCUT2D eigenvalue weighted by atomic mass is 16.2. The number of hydrogen-bond donors (Lipinski definition) is 1. The molecule has 4 rings (SSSR count). The minimum Gasteiger partial charge on any atom is -0.309 e. The second kappa shape index (κ2) is 9.65. The van der Waals surface area contributed by atoms with Gasteiger partial charge in [0.1, 0.15) is 24.0 Å². The predicted octanol–water partition coefficient (Wildman–Crippen LogP) is 3.01. The lowest BCUT2D eigenvalue weighted by molar-refractivity contribution is -0.116. The fourth-order valence-electron chi connectivity index (χ4n) is 3.80. The van der Waals surface area contributed by atoms with Crippen molar-refractivity contribution >= 4 is 11.7 Å². The van der Waals surface area contributed by atoms with Crippen LogP contribution in [0.3, 0.4) is 0 Å². The number of amides is 1. The van der Waals surface area contributed by atoms with Gasteiger partial charge in [-0.15, -0.1) is 0 Å². The molecular weight excluding hydrogens is 444 g/mol. The average molecular weight is 469 g/mol. The molecule has 2 aromatic heterocycles. The van der Waals surface area contributed by atoms with Gasteiger partial charge in [0.05, 0.1) is 11.4 Å². The lowest BCUT2D eigenvalue weighted by atomic mass is 10.0. The third-order valence-electron chi connectivity index (χ3n) is 5.65. The van der Waals surface area contributed by atoms with Crippen LogP contribution in [0.25, 0.3) is 16.9 Å². The van der Waals surface area contributed by atoms with E-state index in [9.17, 15) is 19.6 Å². The van der Waals surface area contributed by atoms with Gasteiger partial charge in [0.25, 0.3) is 5.56 Å². The molecule has 0 radical (unpaired) electrons. The first-order valence-electron chi connectivity index (χ1n) is 11.1. The topological polar surface area (TPSA) is 115 Å². The Labute approximate surface area is 201 Å². The van der Waals surface area contributed by atoms with E-state index in [-0.39, 0.29) is 12.1 Å². The van der Waals surface area contributed by atoms with Crippen molar-refractivity contribution in [1.29, 1.82) is 5.26 Å². The second-order valence-corrected chi connectivity index (χ2v) is 8.14. The largest absolute Gasteiger partial charge is 0.331 e. The zero-order valence-electron chi connectivity index (χ0n) is 19.6. The summed E-state index contributed by atoms with van der Waals surface area (Å²) in [6.07, 6.45) is 1.21. The molecule has 0 fully saturated rings. The Bertz CT molecular complexity index is 1570. The van der Waals surface area contributed by atoms with Gasteiger partial charge in [-0.2, -0.15) is 10.4 Å². The minimum absolute atomic E-state index is 0.203. The van der Waals surface area contributed by atoms with Crippen LogP contribution in [0.15, 0.2) is 70.4 Å². The Hall–Kier alpha value is -4.71. The summed E-state index contributed by atoms with van der Waals surface area (Å²) in [5.74, 6) is -0.205. The molecule has 0 aliphatic carbocycles. The number of rotatable bonds is 6. The molecule has 9 nitrogen and oxygen atoms in total. The first-order chi connectivity index (χ1) is 16.8. The summed E-state index contributed by atoms with van der Waals surface area (Å²) in [6, 6.07) is 18.9. The number of nitrogens with zero attached hydrogens (tertiary/aromatic N) is 5. The smallest absolute Gasteiger partial charge is 0.309 e. The summed E-state index contributed by atoms with van der Waals surface area (Å²) < 4.78 is 3.60. The molecule has 0 saturated carbocycles. The molecule has 9 heteroatoms. The maximum absolute atomic E-state index is 13.0. The maximum Gasteiger partial charge on any atom is 0.331 e. The van der Waals surface area contributed by atoms with E-state index in [0.717, 1.165) is 26.9 Å². The van der Waals surface area contributed by atoms with Gasteiger partial charge in [-0.05, 0) is 44.5 Å². The minimum atomic E-state index is -0.801. The van der Waals surface area contributed by atoms with Crippen LogP contribution < -0.4 is 16.6 Å². The monoisotopic (exact) mass is 468 g/mol. The molecule has 0 atom stereocenters. The van der Waals surface area contributed by atoms with E-state index in [1.807, 2.05) is 62.4 Å². The Morgan fingerprint density at radius 1 is 1.09 bits per heavy atom. The van der Waals surface area contributed by atoms with Gasteiger partial charge in [0.15, 0.2) is 0 Å². The molecule has 1 amide bonds. The first-order valence-corrected chi connectivity index (χ1v) is 11.1. The van der Waals surface area contributed by atoms with Crippen LogP contribution in [0, 0.1) is 25.2 Å². The highest BCUT2D eigenvalue weighted by Crippen LogP contribution is 2.28. The van der Waals surface area contributed by atoms with Crippen molar-refractivity contribution in [3.63, 3.8) is 0 Å². The quantitative estimate of drug-likeness (QED) is 0.467. The molecule has 0 spiro atoms.